The predicted molar refractivity (Wildman–Crippen MR) is 78.8 cm³/mol. The summed E-state index contributed by atoms with van der Waals surface area (Å²) in [7, 11) is 1.85. The first-order chi connectivity index (χ1) is 9.52. The maximum atomic E-state index is 11.6. The van der Waals surface area contributed by atoms with Crippen LogP contribution in [-0.2, 0) is 9.53 Å². The molecule has 0 aromatic heterocycles. The Balaban J connectivity index is 2.50. The summed E-state index contributed by atoms with van der Waals surface area (Å²) in [6.45, 7) is 4.42. The second-order valence-corrected chi connectivity index (χ2v) is 4.79. The molecule has 0 heterocycles. The number of esters is 1. The summed E-state index contributed by atoms with van der Waals surface area (Å²) in [4.78, 5) is 23.3. The van der Waals surface area contributed by atoms with E-state index in [9.17, 15) is 9.59 Å². The van der Waals surface area contributed by atoms with Crippen LogP contribution < -0.4 is 10.6 Å². The Hall–Kier alpha value is -1.88. The van der Waals surface area contributed by atoms with Crippen molar-refractivity contribution >= 4 is 17.6 Å². The number of ether oxygens (including phenoxy) is 1. The zero-order valence-electron chi connectivity index (χ0n) is 12.2. The lowest BCUT2D eigenvalue weighted by molar-refractivity contribution is -0.116. The van der Waals surface area contributed by atoms with Crippen LogP contribution in [0, 0.1) is 0 Å². The van der Waals surface area contributed by atoms with Crippen LogP contribution >= 0.6 is 0 Å². The molecule has 2 N–H and O–H groups in total. The van der Waals surface area contributed by atoms with Crippen LogP contribution in [0.4, 0.5) is 5.69 Å². The van der Waals surface area contributed by atoms with Gasteiger partial charge < -0.3 is 15.4 Å². The molecule has 1 aromatic rings. The van der Waals surface area contributed by atoms with Crippen molar-refractivity contribution in [2.75, 3.05) is 18.9 Å². The number of benzene rings is 1. The highest BCUT2D eigenvalue weighted by Gasteiger charge is 2.09. The van der Waals surface area contributed by atoms with Gasteiger partial charge in [0.1, 0.15) is 0 Å². The van der Waals surface area contributed by atoms with E-state index in [4.69, 9.17) is 4.74 Å². The predicted octanol–water partition coefficient (Wildman–Crippen LogP) is 2.19. The number of carbonyl (C=O) groups excluding carboxylic acids is 2. The highest BCUT2D eigenvalue weighted by Crippen LogP contribution is 2.11. The summed E-state index contributed by atoms with van der Waals surface area (Å²) in [5, 5.41) is 5.78. The van der Waals surface area contributed by atoms with Crippen molar-refractivity contribution in [2.24, 2.45) is 0 Å². The molecule has 1 aromatic carbocycles. The number of amides is 1. The average molecular weight is 278 g/mol. The first-order valence-electron chi connectivity index (χ1n) is 6.78. The third-order valence-corrected chi connectivity index (χ3v) is 2.58. The Morgan fingerprint density at radius 1 is 1.20 bits per heavy atom. The Kier molecular flexibility index (Phi) is 6.73. The molecular weight excluding hydrogens is 256 g/mol. The number of carbonyl (C=O) groups is 2. The largest absolute Gasteiger partial charge is 0.459 e. The topological polar surface area (TPSA) is 67.4 Å². The Morgan fingerprint density at radius 3 is 2.40 bits per heavy atom. The van der Waals surface area contributed by atoms with Crippen molar-refractivity contribution < 1.29 is 14.3 Å². The molecule has 1 amide bonds. The Bertz CT molecular complexity index is 441. The van der Waals surface area contributed by atoms with Crippen molar-refractivity contribution in [3.63, 3.8) is 0 Å². The van der Waals surface area contributed by atoms with Gasteiger partial charge in [-0.15, -0.1) is 0 Å². The molecule has 20 heavy (non-hydrogen) atoms. The van der Waals surface area contributed by atoms with Crippen molar-refractivity contribution in [3.05, 3.63) is 29.8 Å². The molecule has 0 saturated carbocycles. The van der Waals surface area contributed by atoms with Gasteiger partial charge in [-0.3, -0.25) is 4.79 Å². The van der Waals surface area contributed by atoms with Crippen LogP contribution in [0.25, 0.3) is 0 Å². The van der Waals surface area contributed by atoms with Crippen LogP contribution in [0.15, 0.2) is 24.3 Å². The van der Waals surface area contributed by atoms with Crippen molar-refractivity contribution in [2.45, 2.75) is 32.8 Å². The van der Waals surface area contributed by atoms with E-state index in [0.29, 0.717) is 17.7 Å². The van der Waals surface area contributed by atoms with Gasteiger partial charge in [0.25, 0.3) is 0 Å². The second kappa shape index (κ2) is 8.32. The van der Waals surface area contributed by atoms with E-state index < -0.39 is 0 Å². The van der Waals surface area contributed by atoms with Crippen molar-refractivity contribution in [1.82, 2.24) is 5.32 Å². The minimum atomic E-state index is -0.355. The zero-order chi connectivity index (χ0) is 15.0. The number of rotatable bonds is 7. The van der Waals surface area contributed by atoms with E-state index in [1.807, 2.05) is 7.05 Å². The molecule has 0 aliphatic carbocycles. The van der Waals surface area contributed by atoms with E-state index in [2.05, 4.69) is 10.6 Å². The quantitative estimate of drug-likeness (QED) is 0.592. The molecule has 1 rings (SSSR count). The summed E-state index contributed by atoms with van der Waals surface area (Å²) in [5.74, 6) is -0.385. The van der Waals surface area contributed by atoms with Gasteiger partial charge in [0.05, 0.1) is 11.7 Å². The molecule has 0 radical (unpaired) electrons. The monoisotopic (exact) mass is 278 g/mol. The fourth-order valence-electron chi connectivity index (χ4n) is 1.62. The molecule has 0 aliphatic heterocycles. The molecule has 5 nitrogen and oxygen atoms in total. The number of anilines is 1. The molecule has 0 bridgehead atoms. The fourth-order valence-corrected chi connectivity index (χ4v) is 1.62. The van der Waals surface area contributed by atoms with Crippen LogP contribution in [0.5, 0.6) is 0 Å². The van der Waals surface area contributed by atoms with E-state index in [1.54, 1.807) is 38.1 Å². The lowest BCUT2D eigenvalue weighted by Gasteiger charge is -2.09. The Labute approximate surface area is 119 Å². The smallest absolute Gasteiger partial charge is 0.338 e. The van der Waals surface area contributed by atoms with Crippen LogP contribution in [0.1, 0.15) is 37.0 Å². The normalized spacial score (nSPS) is 10.4. The molecule has 5 heteroatoms. The Morgan fingerprint density at radius 2 is 1.85 bits per heavy atom. The van der Waals surface area contributed by atoms with Gasteiger partial charge in [-0.1, -0.05) is 0 Å². The van der Waals surface area contributed by atoms with Gasteiger partial charge in [-0.2, -0.15) is 0 Å². The molecule has 0 fully saturated rings. The zero-order valence-corrected chi connectivity index (χ0v) is 12.2. The lowest BCUT2D eigenvalue weighted by Crippen LogP contribution is -2.15. The average Bonchev–Trinajstić information content (AvgIpc) is 2.39. The number of nitrogens with one attached hydrogen (secondary N) is 2. The highest BCUT2D eigenvalue weighted by molar-refractivity contribution is 5.93. The molecule has 110 valence electrons. The van der Waals surface area contributed by atoms with Crippen molar-refractivity contribution in [3.8, 4) is 0 Å². The fraction of sp³-hybridized carbons (Fsp3) is 0.467. The highest BCUT2D eigenvalue weighted by atomic mass is 16.5. The maximum absolute atomic E-state index is 11.6. The molecule has 0 spiro atoms. The third-order valence-electron chi connectivity index (χ3n) is 2.58. The van der Waals surface area contributed by atoms with E-state index in [0.717, 1.165) is 13.0 Å². The van der Waals surface area contributed by atoms with Crippen molar-refractivity contribution in [1.29, 1.82) is 0 Å². The molecule has 0 atom stereocenters. The third kappa shape index (κ3) is 5.84. The van der Waals surface area contributed by atoms with Gasteiger partial charge in [0, 0.05) is 12.1 Å². The summed E-state index contributed by atoms with van der Waals surface area (Å²) in [6, 6.07) is 6.70. The second-order valence-electron chi connectivity index (χ2n) is 4.79. The minimum Gasteiger partial charge on any atom is -0.459 e. The van der Waals surface area contributed by atoms with Gasteiger partial charge in [-0.05, 0) is 58.1 Å². The number of hydrogen-bond acceptors (Lipinski definition) is 4. The maximum Gasteiger partial charge on any atom is 0.338 e. The van der Waals surface area contributed by atoms with E-state index in [-0.39, 0.29) is 18.0 Å². The number of hydrogen-bond donors (Lipinski definition) is 2. The molecule has 0 aliphatic rings. The SMILES string of the molecule is CNCCCC(=O)Nc1ccc(C(=O)OC(C)C)cc1. The van der Waals surface area contributed by atoms with E-state index >= 15 is 0 Å². The van der Waals surface area contributed by atoms with E-state index in [1.165, 1.54) is 0 Å². The summed E-state index contributed by atoms with van der Waals surface area (Å²) >= 11 is 0. The standard InChI is InChI=1S/C15H22N2O3/c1-11(2)20-15(19)12-6-8-13(9-7-12)17-14(18)5-4-10-16-3/h6-9,11,16H,4-5,10H2,1-3H3,(H,17,18). The summed E-state index contributed by atoms with van der Waals surface area (Å²) in [5.41, 5.74) is 1.16. The van der Waals surface area contributed by atoms with Gasteiger partial charge in [-0.25, -0.2) is 4.79 Å². The summed E-state index contributed by atoms with van der Waals surface area (Å²) < 4.78 is 5.09. The van der Waals surface area contributed by atoms with Crippen LogP contribution in [0.3, 0.4) is 0 Å². The molecular formula is C15H22N2O3. The summed E-state index contributed by atoms with van der Waals surface area (Å²) in [6.07, 6.45) is 1.12. The minimum absolute atomic E-state index is 0.0299. The first-order valence-corrected chi connectivity index (χ1v) is 6.78. The van der Waals surface area contributed by atoms with Gasteiger partial charge in [0.2, 0.25) is 5.91 Å². The lowest BCUT2D eigenvalue weighted by atomic mass is 10.2. The molecule has 0 saturated heterocycles. The van der Waals surface area contributed by atoms with Crippen LogP contribution in [0.2, 0.25) is 0 Å². The molecule has 0 unspecified atom stereocenters. The first kappa shape index (κ1) is 16.2. The van der Waals surface area contributed by atoms with Gasteiger partial charge in [0.15, 0.2) is 0 Å². The van der Waals surface area contributed by atoms with Gasteiger partial charge >= 0.3 is 5.97 Å². The van der Waals surface area contributed by atoms with Crippen LogP contribution in [-0.4, -0.2) is 31.6 Å².